The van der Waals surface area contributed by atoms with Crippen LogP contribution >= 0.6 is 11.6 Å². The second-order valence-corrected chi connectivity index (χ2v) is 6.32. The average molecular weight is 374 g/mol. The zero-order valence-electron chi connectivity index (χ0n) is 14.1. The molecule has 7 heteroatoms. The highest BCUT2D eigenvalue weighted by Gasteiger charge is 2.11. The summed E-state index contributed by atoms with van der Waals surface area (Å²) in [5.74, 6) is 0.452. The second kappa shape index (κ2) is 8.10. The van der Waals surface area contributed by atoms with Gasteiger partial charge in [0.25, 0.3) is 0 Å². The van der Waals surface area contributed by atoms with Crippen LogP contribution in [-0.2, 0) is 17.8 Å². The maximum absolute atomic E-state index is 13.2. The van der Waals surface area contributed by atoms with Gasteiger partial charge in [-0.25, -0.2) is 4.39 Å². The van der Waals surface area contributed by atoms with Gasteiger partial charge in [-0.3, -0.25) is 4.79 Å². The molecule has 0 saturated carbocycles. The molecule has 0 radical (unpaired) electrons. The van der Waals surface area contributed by atoms with Crippen LogP contribution in [0, 0.1) is 12.7 Å². The van der Waals surface area contributed by atoms with Crippen LogP contribution < -0.4 is 5.32 Å². The number of carbonyl (C=O) groups is 1. The van der Waals surface area contributed by atoms with Crippen molar-refractivity contribution in [2.24, 2.45) is 0 Å². The quantitative estimate of drug-likeness (QED) is 0.706. The van der Waals surface area contributed by atoms with Crippen molar-refractivity contribution in [2.75, 3.05) is 0 Å². The molecular weight excluding hydrogens is 357 g/mol. The molecule has 0 atom stereocenters. The molecule has 1 amide bonds. The van der Waals surface area contributed by atoms with Gasteiger partial charge in [-0.1, -0.05) is 28.9 Å². The first-order chi connectivity index (χ1) is 12.5. The number of benzene rings is 2. The zero-order chi connectivity index (χ0) is 18.5. The minimum absolute atomic E-state index is 0.141. The van der Waals surface area contributed by atoms with E-state index in [1.54, 1.807) is 43.3 Å². The summed E-state index contributed by atoms with van der Waals surface area (Å²) in [5, 5.41) is 7.33. The van der Waals surface area contributed by atoms with Gasteiger partial charge in [0.15, 0.2) is 0 Å². The molecule has 0 saturated heterocycles. The van der Waals surface area contributed by atoms with Crippen molar-refractivity contribution in [3.05, 3.63) is 70.3 Å². The SMILES string of the molecule is Cc1cc(CNC(=O)CCc2nc(-c3ccc(Cl)cc3)no2)ccc1F. The summed E-state index contributed by atoms with van der Waals surface area (Å²) in [6.45, 7) is 2.04. The Kier molecular flexibility index (Phi) is 5.63. The van der Waals surface area contributed by atoms with Crippen molar-refractivity contribution in [1.29, 1.82) is 0 Å². The van der Waals surface area contributed by atoms with Crippen molar-refractivity contribution in [3.8, 4) is 11.4 Å². The summed E-state index contributed by atoms with van der Waals surface area (Å²) in [6.07, 6.45) is 0.567. The van der Waals surface area contributed by atoms with E-state index >= 15 is 0 Å². The molecule has 5 nitrogen and oxygen atoms in total. The summed E-state index contributed by atoms with van der Waals surface area (Å²) in [4.78, 5) is 16.2. The maximum atomic E-state index is 13.2. The summed E-state index contributed by atoms with van der Waals surface area (Å²) < 4.78 is 18.4. The summed E-state index contributed by atoms with van der Waals surface area (Å²) in [7, 11) is 0. The van der Waals surface area contributed by atoms with Crippen LogP contribution in [0.1, 0.15) is 23.4 Å². The van der Waals surface area contributed by atoms with E-state index in [1.165, 1.54) is 6.07 Å². The Morgan fingerprint density at radius 2 is 2.00 bits per heavy atom. The van der Waals surface area contributed by atoms with Gasteiger partial charge in [-0.05, 0) is 48.4 Å². The van der Waals surface area contributed by atoms with Crippen LogP contribution in [0.4, 0.5) is 4.39 Å². The third-order valence-electron chi connectivity index (χ3n) is 3.85. The topological polar surface area (TPSA) is 68.0 Å². The Hall–Kier alpha value is -2.73. The van der Waals surface area contributed by atoms with Gasteiger partial charge in [0.1, 0.15) is 5.82 Å². The van der Waals surface area contributed by atoms with Crippen molar-refractivity contribution in [2.45, 2.75) is 26.3 Å². The van der Waals surface area contributed by atoms with E-state index in [9.17, 15) is 9.18 Å². The predicted octanol–water partition coefficient (Wildman–Crippen LogP) is 4.09. The maximum Gasteiger partial charge on any atom is 0.227 e. The van der Waals surface area contributed by atoms with E-state index in [0.717, 1.165) is 11.1 Å². The standard InChI is InChI=1S/C19H17ClFN3O2/c1-12-10-13(2-7-16(12)21)11-22-17(25)8-9-18-23-19(24-26-18)14-3-5-15(20)6-4-14/h2-7,10H,8-9,11H2,1H3,(H,22,25). The molecule has 1 heterocycles. The zero-order valence-corrected chi connectivity index (χ0v) is 14.9. The van der Waals surface area contributed by atoms with E-state index in [4.69, 9.17) is 16.1 Å². The molecule has 1 N–H and O–H groups in total. The summed E-state index contributed by atoms with van der Waals surface area (Å²) in [5.41, 5.74) is 2.19. The van der Waals surface area contributed by atoms with E-state index in [1.807, 2.05) is 0 Å². The van der Waals surface area contributed by atoms with Crippen molar-refractivity contribution in [3.63, 3.8) is 0 Å². The molecule has 0 bridgehead atoms. The average Bonchev–Trinajstić information content (AvgIpc) is 3.10. The van der Waals surface area contributed by atoms with Crippen LogP contribution in [0.2, 0.25) is 5.02 Å². The minimum Gasteiger partial charge on any atom is -0.352 e. The van der Waals surface area contributed by atoms with Gasteiger partial charge < -0.3 is 9.84 Å². The van der Waals surface area contributed by atoms with E-state index in [-0.39, 0.29) is 18.1 Å². The first kappa shape index (κ1) is 18.1. The minimum atomic E-state index is -0.257. The third-order valence-corrected chi connectivity index (χ3v) is 4.10. The molecule has 26 heavy (non-hydrogen) atoms. The molecule has 0 aliphatic heterocycles. The fourth-order valence-corrected chi connectivity index (χ4v) is 2.52. The van der Waals surface area contributed by atoms with Crippen LogP contribution in [0.15, 0.2) is 47.0 Å². The van der Waals surface area contributed by atoms with Crippen LogP contribution in [0.5, 0.6) is 0 Å². The number of aryl methyl sites for hydroxylation is 2. The smallest absolute Gasteiger partial charge is 0.227 e. The lowest BCUT2D eigenvalue weighted by Crippen LogP contribution is -2.23. The molecule has 3 rings (SSSR count). The molecule has 3 aromatic rings. The van der Waals surface area contributed by atoms with Crippen LogP contribution in [0.25, 0.3) is 11.4 Å². The van der Waals surface area contributed by atoms with E-state index in [2.05, 4.69) is 15.5 Å². The largest absolute Gasteiger partial charge is 0.352 e. The molecule has 1 aromatic heterocycles. The van der Waals surface area contributed by atoms with Crippen molar-refractivity contribution < 1.29 is 13.7 Å². The van der Waals surface area contributed by atoms with Gasteiger partial charge in [0.05, 0.1) is 0 Å². The molecule has 0 aliphatic rings. The Balaban J connectivity index is 1.50. The number of amides is 1. The highest BCUT2D eigenvalue weighted by Crippen LogP contribution is 2.19. The number of aromatic nitrogens is 2. The number of rotatable bonds is 6. The lowest BCUT2D eigenvalue weighted by atomic mass is 10.1. The Morgan fingerprint density at radius 3 is 2.73 bits per heavy atom. The third kappa shape index (κ3) is 4.67. The molecule has 0 unspecified atom stereocenters. The van der Waals surface area contributed by atoms with E-state index < -0.39 is 0 Å². The van der Waals surface area contributed by atoms with Crippen LogP contribution in [0.3, 0.4) is 0 Å². The fraction of sp³-hybridized carbons (Fsp3) is 0.211. The highest BCUT2D eigenvalue weighted by atomic mass is 35.5. The van der Waals surface area contributed by atoms with Gasteiger partial charge in [-0.15, -0.1) is 0 Å². The molecule has 2 aromatic carbocycles. The number of halogens is 2. The van der Waals surface area contributed by atoms with Gasteiger partial charge in [0.2, 0.25) is 17.6 Å². The summed E-state index contributed by atoms with van der Waals surface area (Å²) >= 11 is 5.85. The lowest BCUT2D eigenvalue weighted by molar-refractivity contribution is -0.121. The van der Waals surface area contributed by atoms with E-state index in [0.29, 0.717) is 35.3 Å². The monoisotopic (exact) mass is 373 g/mol. The lowest BCUT2D eigenvalue weighted by Gasteiger charge is -2.06. The number of nitrogens with zero attached hydrogens (tertiary/aromatic N) is 2. The highest BCUT2D eigenvalue weighted by molar-refractivity contribution is 6.30. The molecule has 0 spiro atoms. The first-order valence-electron chi connectivity index (χ1n) is 8.11. The number of hydrogen-bond donors (Lipinski definition) is 1. The second-order valence-electron chi connectivity index (χ2n) is 5.88. The number of hydrogen-bond acceptors (Lipinski definition) is 4. The summed E-state index contributed by atoms with van der Waals surface area (Å²) in [6, 6.07) is 11.9. The normalized spacial score (nSPS) is 10.7. The fourth-order valence-electron chi connectivity index (χ4n) is 2.40. The van der Waals surface area contributed by atoms with Gasteiger partial charge >= 0.3 is 0 Å². The molecule has 0 fully saturated rings. The Labute approximate surface area is 155 Å². The Bertz CT molecular complexity index is 909. The van der Waals surface area contributed by atoms with Gasteiger partial charge in [0, 0.05) is 30.0 Å². The molecule has 134 valence electrons. The molecule has 0 aliphatic carbocycles. The van der Waals surface area contributed by atoms with Crippen molar-refractivity contribution in [1.82, 2.24) is 15.5 Å². The Morgan fingerprint density at radius 1 is 1.23 bits per heavy atom. The number of carbonyl (C=O) groups excluding carboxylic acids is 1. The number of nitrogens with one attached hydrogen (secondary N) is 1. The predicted molar refractivity (Wildman–Crippen MR) is 96.0 cm³/mol. The molecular formula is C19H17ClFN3O2. The van der Waals surface area contributed by atoms with Crippen molar-refractivity contribution >= 4 is 17.5 Å². The first-order valence-corrected chi connectivity index (χ1v) is 8.49. The van der Waals surface area contributed by atoms with Crippen LogP contribution in [-0.4, -0.2) is 16.0 Å². The van der Waals surface area contributed by atoms with Gasteiger partial charge in [-0.2, -0.15) is 4.98 Å².